The van der Waals surface area contributed by atoms with Crippen molar-refractivity contribution in [1.29, 1.82) is 0 Å². The van der Waals surface area contributed by atoms with E-state index in [0.29, 0.717) is 0 Å². The van der Waals surface area contributed by atoms with Crippen molar-refractivity contribution in [2.24, 2.45) is 10.8 Å². The number of hydrogen-bond acceptors (Lipinski definition) is 11. The molecular weight excluding hydrogens is 758 g/mol. The summed E-state index contributed by atoms with van der Waals surface area (Å²) in [6.07, 6.45) is 0. The number of hydrogen-bond donors (Lipinski definition) is 10. The Morgan fingerprint density at radius 3 is 0.873 bits per heavy atom. The zero-order valence-electron chi connectivity index (χ0n) is 34.5. The zero-order chi connectivity index (χ0) is 43.5. The summed E-state index contributed by atoms with van der Waals surface area (Å²) in [7, 11) is -10.1. The lowest BCUT2D eigenvalue weighted by atomic mass is 9.80. The van der Waals surface area contributed by atoms with Gasteiger partial charge in [0.05, 0.1) is 50.5 Å². The van der Waals surface area contributed by atoms with Gasteiger partial charge >= 0.3 is 15.6 Å². The molecule has 0 aliphatic rings. The van der Waals surface area contributed by atoms with E-state index in [1.807, 2.05) is 24.3 Å². The average Bonchev–Trinajstić information content (AvgIpc) is 3.03. The Morgan fingerprint density at radius 1 is 0.455 bits per heavy atom. The molecule has 55 heavy (non-hydrogen) atoms. The quantitative estimate of drug-likeness (QED) is 0.118. The predicted octanol–water partition coefficient (Wildman–Crippen LogP) is 4.44. The molecule has 15 nitrogen and oxygen atoms in total. The van der Waals surface area contributed by atoms with Crippen LogP contribution in [-0.2, 0) is 35.1 Å². The highest BCUT2D eigenvalue weighted by molar-refractivity contribution is 7.60. The van der Waals surface area contributed by atoms with Crippen LogP contribution in [-0.4, -0.2) is 103 Å². The van der Waals surface area contributed by atoms with E-state index < -0.39 is 26.5 Å². The smallest absolute Gasteiger partial charge is 0.478 e. The second-order valence-electron chi connectivity index (χ2n) is 18.0. The maximum absolute atomic E-state index is 9.63. The van der Waals surface area contributed by atoms with Gasteiger partial charge in [-0.15, -0.1) is 0 Å². The predicted molar refractivity (Wildman–Crippen MR) is 211 cm³/mol. The summed E-state index contributed by atoms with van der Waals surface area (Å²) in [5.41, 5.74) is 2.44. The van der Waals surface area contributed by atoms with E-state index in [4.69, 9.17) is 29.0 Å². The van der Waals surface area contributed by atoms with Crippen molar-refractivity contribution in [3.63, 3.8) is 0 Å². The molecule has 0 aliphatic carbocycles. The molecule has 0 atom stereocenters. The molecule has 10 N–H and O–H groups in total. The molecule has 0 heterocycles. The fourth-order valence-electron chi connectivity index (χ4n) is 4.59. The summed E-state index contributed by atoms with van der Waals surface area (Å²) in [5.74, 6) is 1.45. The largest absolute Gasteiger partial charge is 0.492 e. The SMILES string of the molecule is CC(C)(C)c1ccc(OCC(CO)(CO)CO)c(C(C)(C)C)c1.CC(C)(C)c1ccc(OCC(CO)(CO)CO)c(C(C)(C)C)c1.O=P(O)(O)OP(=O)(O)O. The summed E-state index contributed by atoms with van der Waals surface area (Å²) in [5, 5.41) is 56.6. The number of aliphatic hydroxyl groups is 6. The van der Waals surface area contributed by atoms with Gasteiger partial charge in [-0.3, -0.25) is 0 Å². The van der Waals surface area contributed by atoms with Crippen molar-refractivity contribution in [2.75, 3.05) is 52.9 Å². The Morgan fingerprint density at radius 2 is 0.709 bits per heavy atom. The number of benzene rings is 2. The molecule has 2 aromatic rings. The van der Waals surface area contributed by atoms with Gasteiger partial charge < -0.3 is 59.7 Å². The molecule has 0 radical (unpaired) electrons. The van der Waals surface area contributed by atoms with Gasteiger partial charge in [-0.2, -0.15) is 4.31 Å². The van der Waals surface area contributed by atoms with Gasteiger partial charge in [0, 0.05) is 0 Å². The lowest BCUT2D eigenvalue weighted by Crippen LogP contribution is -2.40. The summed E-state index contributed by atoms with van der Waals surface area (Å²) in [6, 6.07) is 12.3. The van der Waals surface area contributed by atoms with Crippen LogP contribution in [0.4, 0.5) is 0 Å². The van der Waals surface area contributed by atoms with Crippen molar-refractivity contribution in [1.82, 2.24) is 0 Å². The van der Waals surface area contributed by atoms with Crippen LogP contribution in [0.3, 0.4) is 0 Å². The van der Waals surface area contributed by atoms with Gasteiger partial charge in [0.25, 0.3) is 0 Å². The molecule has 0 bridgehead atoms. The fraction of sp³-hybridized carbons (Fsp3) is 0.684. The summed E-state index contributed by atoms with van der Waals surface area (Å²) in [6.45, 7) is 23.9. The molecular formula is C38H68O15P2. The summed E-state index contributed by atoms with van der Waals surface area (Å²) in [4.78, 5) is 31.0. The van der Waals surface area contributed by atoms with Crippen molar-refractivity contribution < 1.29 is 73.1 Å². The molecule has 0 aliphatic heterocycles. The highest BCUT2D eigenvalue weighted by atomic mass is 31.3. The Balaban J connectivity index is 0.000000870. The first-order chi connectivity index (χ1) is 24.7. The van der Waals surface area contributed by atoms with Gasteiger partial charge in [-0.25, -0.2) is 9.13 Å². The minimum atomic E-state index is -5.05. The molecule has 0 saturated heterocycles. The highest BCUT2D eigenvalue weighted by Gasteiger charge is 2.32. The minimum absolute atomic E-state index is 0.0452. The monoisotopic (exact) mass is 826 g/mol. The number of ether oxygens (including phenoxy) is 2. The Labute approximate surface area is 326 Å². The number of rotatable bonds is 14. The normalized spacial score (nSPS) is 13.3. The lowest BCUT2D eigenvalue weighted by molar-refractivity contribution is -0.0265. The van der Waals surface area contributed by atoms with E-state index in [-0.39, 0.29) is 74.5 Å². The third kappa shape index (κ3) is 18.5. The van der Waals surface area contributed by atoms with E-state index >= 15 is 0 Å². The molecule has 320 valence electrons. The van der Waals surface area contributed by atoms with Crippen LogP contribution < -0.4 is 9.47 Å². The van der Waals surface area contributed by atoms with Gasteiger partial charge in [0.1, 0.15) is 24.7 Å². The zero-order valence-corrected chi connectivity index (χ0v) is 36.3. The molecule has 17 heteroatoms. The Kier molecular flexibility index (Phi) is 19.9. The van der Waals surface area contributed by atoms with E-state index in [0.717, 1.165) is 22.6 Å². The molecule has 0 unspecified atom stereocenters. The average molecular weight is 827 g/mol. The van der Waals surface area contributed by atoms with Crippen molar-refractivity contribution in [3.05, 3.63) is 58.7 Å². The van der Waals surface area contributed by atoms with Crippen molar-refractivity contribution in [3.8, 4) is 11.5 Å². The summed E-state index contributed by atoms with van der Waals surface area (Å²) < 4.78 is 34.0. The maximum Gasteiger partial charge on any atom is 0.478 e. The minimum Gasteiger partial charge on any atom is -0.492 e. The number of phosphoric acid groups is 2. The highest BCUT2D eigenvalue weighted by Crippen LogP contribution is 2.53. The molecule has 0 fully saturated rings. The Bertz CT molecular complexity index is 1420. The molecule has 0 aromatic heterocycles. The second kappa shape index (κ2) is 20.7. The topological polar surface area (TPSA) is 264 Å². The van der Waals surface area contributed by atoms with Crippen LogP contribution in [0.2, 0.25) is 0 Å². The van der Waals surface area contributed by atoms with Crippen LogP contribution in [0.1, 0.15) is 105 Å². The first kappa shape index (κ1) is 53.1. The van der Waals surface area contributed by atoms with E-state index in [1.165, 1.54) is 11.1 Å². The van der Waals surface area contributed by atoms with Crippen LogP contribution in [0.25, 0.3) is 0 Å². The molecule has 2 rings (SSSR count). The third-order valence-corrected chi connectivity index (χ3v) is 10.3. The first-order valence-electron chi connectivity index (χ1n) is 17.7. The fourth-order valence-corrected chi connectivity index (χ4v) is 5.70. The first-order valence-corrected chi connectivity index (χ1v) is 20.8. The maximum atomic E-state index is 9.63. The van der Waals surface area contributed by atoms with E-state index in [1.54, 1.807) is 0 Å². The van der Waals surface area contributed by atoms with Crippen LogP contribution >= 0.6 is 15.6 Å². The molecule has 0 spiro atoms. The molecule has 2 aromatic carbocycles. The standard InChI is InChI=1S/2C19H32O4.H4O7P2/c2*1-17(2,3)14-7-8-16(15(9-14)18(4,5)6)23-13-19(10-20,11-21)12-22;1-8(2,3)7-9(4,5)6/h2*7-9,20-22H,10-13H2,1-6H3;(H2,1,2,3)(H2,4,5,6). The van der Waals surface area contributed by atoms with Crippen LogP contribution in [0.15, 0.2) is 36.4 Å². The van der Waals surface area contributed by atoms with Gasteiger partial charge in [0.15, 0.2) is 0 Å². The van der Waals surface area contributed by atoms with Crippen molar-refractivity contribution in [2.45, 2.75) is 105 Å². The number of aliphatic hydroxyl groups excluding tert-OH is 6. The third-order valence-electron chi connectivity index (χ3n) is 8.60. The van der Waals surface area contributed by atoms with Gasteiger partial charge in [-0.05, 0) is 56.0 Å². The molecule has 0 amide bonds. The van der Waals surface area contributed by atoms with Crippen LogP contribution in [0, 0.1) is 10.8 Å². The summed E-state index contributed by atoms with van der Waals surface area (Å²) >= 11 is 0. The van der Waals surface area contributed by atoms with Crippen molar-refractivity contribution >= 4 is 15.6 Å². The van der Waals surface area contributed by atoms with E-state index in [2.05, 4.69) is 99.5 Å². The van der Waals surface area contributed by atoms with Gasteiger partial charge in [0.2, 0.25) is 0 Å². The second-order valence-corrected chi connectivity index (χ2v) is 20.6. The lowest BCUT2D eigenvalue weighted by Gasteiger charge is -2.31. The molecule has 0 saturated carbocycles. The van der Waals surface area contributed by atoms with E-state index in [9.17, 15) is 39.8 Å². The van der Waals surface area contributed by atoms with Gasteiger partial charge in [-0.1, -0.05) is 107 Å². The van der Waals surface area contributed by atoms with Crippen LogP contribution in [0.5, 0.6) is 11.5 Å². The Hall–Kier alpha value is -1.94.